The summed E-state index contributed by atoms with van der Waals surface area (Å²) >= 11 is 1.09. The lowest BCUT2D eigenvalue weighted by molar-refractivity contribution is -0.141. The Morgan fingerprint density at radius 1 is 0.962 bits per heavy atom. The average Bonchev–Trinajstić information content (AvgIpc) is 2.54. The van der Waals surface area contributed by atoms with Gasteiger partial charge < -0.3 is 10.6 Å². The molecule has 0 aromatic heterocycles. The summed E-state index contributed by atoms with van der Waals surface area (Å²) in [6.07, 6.45) is 0. The first kappa shape index (κ1) is 21.5. The molecule has 0 radical (unpaired) electrons. The molecule has 0 saturated carbocycles. The first-order valence-electron chi connectivity index (χ1n) is 8.03. The van der Waals surface area contributed by atoms with Crippen molar-refractivity contribution in [3.63, 3.8) is 0 Å². The maximum Gasteiger partial charge on any atom is 0.327 e. The van der Waals surface area contributed by atoms with Crippen LogP contribution in [0, 0.1) is 13.8 Å². The fourth-order valence-corrected chi connectivity index (χ4v) is 2.54. The smallest absolute Gasteiger partial charge is 0.327 e. The van der Waals surface area contributed by atoms with Crippen LogP contribution in [-0.2, 0) is 19.2 Å². The fourth-order valence-electron chi connectivity index (χ4n) is 1.92. The number of hydrogen-bond acceptors (Lipinski definition) is 5. The normalized spacial score (nSPS) is 10.2. The number of thioether (sulfide) groups is 1. The van der Waals surface area contributed by atoms with E-state index in [-0.39, 0.29) is 23.5 Å². The van der Waals surface area contributed by atoms with Crippen molar-refractivity contribution >= 4 is 41.1 Å². The van der Waals surface area contributed by atoms with Gasteiger partial charge in [0, 0.05) is 11.7 Å². The number of carbonyl (C=O) groups excluding carboxylic acids is 4. The van der Waals surface area contributed by atoms with Crippen LogP contribution in [0.3, 0.4) is 0 Å². The van der Waals surface area contributed by atoms with Crippen molar-refractivity contribution in [1.82, 2.24) is 16.2 Å². The van der Waals surface area contributed by atoms with Crippen molar-refractivity contribution in [1.29, 1.82) is 0 Å². The molecule has 0 aliphatic carbocycles. The second kappa shape index (κ2) is 10.4. The fraction of sp³-hybridized carbons (Fsp3) is 0.412. The second-order valence-corrected chi connectivity index (χ2v) is 6.98. The van der Waals surface area contributed by atoms with Gasteiger partial charge in [-0.05, 0) is 39.3 Å². The summed E-state index contributed by atoms with van der Waals surface area (Å²) in [6, 6.07) is 5.52. The predicted molar refractivity (Wildman–Crippen MR) is 101 cm³/mol. The van der Waals surface area contributed by atoms with Gasteiger partial charge in [0.25, 0.3) is 0 Å². The lowest BCUT2D eigenvalue weighted by Crippen LogP contribution is -2.50. The van der Waals surface area contributed by atoms with Gasteiger partial charge in [0.15, 0.2) is 0 Å². The van der Waals surface area contributed by atoms with Crippen LogP contribution in [0.2, 0.25) is 0 Å². The summed E-state index contributed by atoms with van der Waals surface area (Å²) in [5.41, 5.74) is 6.94. The third kappa shape index (κ3) is 8.02. The highest BCUT2D eigenvalue weighted by Crippen LogP contribution is 2.16. The van der Waals surface area contributed by atoms with Gasteiger partial charge >= 0.3 is 11.8 Å². The zero-order chi connectivity index (χ0) is 19.7. The van der Waals surface area contributed by atoms with Gasteiger partial charge in [-0.15, -0.1) is 11.8 Å². The van der Waals surface area contributed by atoms with Crippen LogP contribution in [0.1, 0.15) is 25.0 Å². The maximum absolute atomic E-state index is 11.9. The first-order valence-corrected chi connectivity index (χ1v) is 9.19. The van der Waals surface area contributed by atoms with Crippen LogP contribution >= 0.6 is 11.8 Å². The molecule has 8 nitrogen and oxygen atoms in total. The lowest BCUT2D eigenvalue weighted by atomic mass is 10.1. The Bertz CT molecular complexity index is 691. The van der Waals surface area contributed by atoms with Crippen molar-refractivity contribution in [2.75, 3.05) is 16.8 Å². The number of benzene rings is 1. The molecule has 0 spiro atoms. The molecule has 0 aliphatic heterocycles. The molecule has 26 heavy (non-hydrogen) atoms. The van der Waals surface area contributed by atoms with E-state index in [9.17, 15) is 19.2 Å². The molecule has 0 heterocycles. The minimum absolute atomic E-state index is 0.0353. The highest BCUT2D eigenvalue weighted by molar-refractivity contribution is 8.00. The molecule has 4 amide bonds. The molecule has 1 aromatic carbocycles. The van der Waals surface area contributed by atoms with Gasteiger partial charge in [0.1, 0.15) is 0 Å². The Kier molecular flexibility index (Phi) is 8.63. The minimum Gasteiger partial charge on any atom is -0.346 e. The summed E-state index contributed by atoms with van der Waals surface area (Å²) in [4.78, 5) is 46.3. The van der Waals surface area contributed by atoms with E-state index in [0.717, 1.165) is 28.6 Å². The van der Waals surface area contributed by atoms with E-state index in [2.05, 4.69) is 16.1 Å². The minimum atomic E-state index is -0.954. The van der Waals surface area contributed by atoms with E-state index in [4.69, 9.17) is 0 Å². The van der Waals surface area contributed by atoms with Crippen molar-refractivity contribution in [2.24, 2.45) is 0 Å². The van der Waals surface area contributed by atoms with Crippen LogP contribution in [-0.4, -0.2) is 41.2 Å². The van der Waals surface area contributed by atoms with Crippen LogP contribution in [0.15, 0.2) is 18.2 Å². The van der Waals surface area contributed by atoms with Gasteiger partial charge in [0.2, 0.25) is 11.8 Å². The zero-order valence-corrected chi connectivity index (χ0v) is 16.1. The molecule has 1 aromatic rings. The number of aryl methyl sites for hydroxylation is 2. The largest absolute Gasteiger partial charge is 0.346 e. The maximum atomic E-state index is 11.9. The van der Waals surface area contributed by atoms with E-state index in [1.54, 1.807) is 13.8 Å². The Hall–Kier alpha value is -2.55. The van der Waals surface area contributed by atoms with Gasteiger partial charge in [-0.25, -0.2) is 0 Å². The molecule has 1 rings (SSSR count). The van der Waals surface area contributed by atoms with Crippen molar-refractivity contribution in [3.8, 4) is 0 Å². The van der Waals surface area contributed by atoms with E-state index >= 15 is 0 Å². The number of hydrazine groups is 1. The van der Waals surface area contributed by atoms with Gasteiger partial charge in [-0.2, -0.15) is 0 Å². The van der Waals surface area contributed by atoms with E-state index < -0.39 is 17.7 Å². The molecule has 9 heteroatoms. The van der Waals surface area contributed by atoms with Crippen molar-refractivity contribution in [2.45, 2.75) is 33.7 Å². The van der Waals surface area contributed by atoms with Crippen LogP contribution in [0.25, 0.3) is 0 Å². The first-order chi connectivity index (χ1) is 12.2. The quantitative estimate of drug-likeness (QED) is 0.427. The summed E-state index contributed by atoms with van der Waals surface area (Å²) in [6.45, 7) is 7.30. The molecule has 4 N–H and O–H groups in total. The summed E-state index contributed by atoms with van der Waals surface area (Å²) in [5.74, 6) is -2.48. The van der Waals surface area contributed by atoms with Crippen molar-refractivity contribution < 1.29 is 19.2 Å². The zero-order valence-electron chi connectivity index (χ0n) is 15.3. The Morgan fingerprint density at radius 3 is 2.23 bits per heavy atom. The highest BCUT2D eigenvalue weighted by atomic mass is 32.2. The second-order valence-electron chi connectivity index (χ2n) is 5.99. The molecule has 0 atom stereocenters. The molecule has 0 saturated heterocycles. The van der Waals surface area contributed by atoms with Crippen LogP contribution < -0.4 is 21.5 Å². The summed E-state index contributed by atoms with van der Waals surface area (Å²) in [7, 11) is 0. The van der Waals surface area contributed by atoms with E-state index in [0.29, 0.717) is 0 Å². The third-order valence-electron chi connectivity index (χ3n) is 3.06. The van der Waals surface area contributed by atoms with Gasteiger partial charge in [0.05, 0.1) is 11.5 Å². The number of amides is 4. The standard InChI is InChI=1S/C17H24N4O4S/c1-10(2)18-16(24)17(25)21-20-15(23)9-26-8-14(22)19-13-6-5-11(3)7-12(13)4/h5-7,10H,8-9H2,1-4H3,(H,18,24)(H,19,22)(H,20,23)(H,21,25). The van der Waals surface area contributed by atoms with Crippen LogP contribution in [0.5, 0.6) is 0 Å². The highest BCUT2D eigenvalue weighted by Gasteiger charge is 2.15. The topological polar surface area (TPSA) is 116 Å². The van der Waals surface area contributed by atoms with Gasteiger partial charge in [-0.3, -0.25) is 30.0 Å². The molecule has 142 valence electrons. The average molecular weight is 380 g/mol. The molecular weight excluding hydrogens is 356 g/mol. The van der Waals surface area contributed by atoms with Crippen molar-refractivity contribution in [3.05, 3.63) is 29.3 Å². The molecule has 0 fully saturated rings. The van der Waals surface area contributed by atoms with Gasteiger partial charge in [-0.1, -0.05) is 17.7 Å². The number of anilines is 1. The monoisotopic (exact) mass is 380 g/mol. The Balaban J connectivity index is 2.27. The lowest BCUT2D eigenvalue weighted by Gasteiger charge is -2.10. The summed E-state index contributed by atoms with van der Waals surface area (Å²) in [5, 5.41) is 5.18. The summed E-state index contributed by atoms with van der Waals surface area (Å²) < 4.78 is 0. The molecule has 0 aliphatic rings. The Labute approximate surface area is 156 Å². The van der Waals surface area contributed by atoms with E-state index in [1.807, 2.05) is 37.5 Å². The predicted octanol–water partition coefficient (Wildman–Crippen LogP) is 0.647. The number of carbonyl (C=O) groups is 4. The number of nitrogens with one attached hydrogen (secondary N) is 4. The third-order valence-corrected chi connectivity index (χ3v) is 4.00. The van der Waals surface area contributed by atoms with Crippen LogP contribution in [0.4, 0.5) is 5.69 Å². The Morgan fingerprint density at radius 2 is 1.62 bits per heavy atom. The number of hydrogen-bond donors (Lipinski definition) is 4. The molecule has 0 bridgehead atoms. The molecule has 0 unspecified atom stereocenters. The van der Waals surface area contributed by atoms with E-state index in [1.165, 1.54) is 0 Å². The number of rotatable bonds is 6. The SMILES string of the molecule is Cc1ccc(NC(=O)CSCC(=O)NNC(=O)C(=O)NC(C)C)c(C)c1. The molecular formula is C17H24N4O4S.